The SMILES string of the molecule is CC(C)(C)O[Si](CC[Si](OC(C)(C)C)(OC(C)(C)C)OC(C)(C)C)(OC(C)(C)C)OC(C)(C)C. The molecule has 0 saturated heterocycles. The van der Waals surface area contributed by atoms with Gasteiger partial charge in [-0.15, -0.1) is 0 Å². The molecule has 0 aliphatic rings. The second kappa shape index (κ2) is 10.9. The average Bonchev–Trinajstić information content (AvgIpc) is 2.32. The molecule has 8 heteroatoms. The fourth-order valence-corrected chi connectivity index (χ4v) is 12.4. The lowest BCUT2D eigenvalue weighted by molar-refractivity contribution is -0.0853. The maximum atomic E-state index is 6.71. The Morgan fingerprint density at radius 2 is 0.412 bits per heavy atom. The lowest BCUT2D eigenvalue weighted by Crippen LogP contribution is -2.61. The summed E-state index contributed by atoms with van der Waals surface area (Å²) in [5, 5.41) is 0. The van der Waals surface area contributed by atoms with Crippen molar-refractivity contribution in [2.75, 3.05) is 0 Å². The van der Waals surface area contributed by atoms with E-state index in [2.05, 4.69) is 0 Å². The molecule has 0 fully saturated rings. The van der Waals surface area contributed by atoms with E-state index < -0.39 is 51.2 Å². The predicted molar refractivity (Wildman–Crippen MR) is 146 cm³/mol. The van der Waals surface area contributed by atoms with Gasteiger partial charge in [-0.25, -0.2) is 0 Å². The molecule has 0 atom stereocenters. The van der Waals surface area contributed by atoms with Gasteiger partial charge in [0.1, 0.15) is 0 Å². The van der Waals surface area contributed by atoms with E-state index in [0.717, 1.165) is 0 Å². The second-order valence-electron chi connectivity index (χ2n) is 15.2. The van der Waals surface area contributed by atoms with Crippen molar-refractivity contribution in [2.24, 2.45) is 0 Å². The number of rotatable bonds is 9. The van der Waals surface area contributed by atoms with Crippen molar-refractivity contribution in [3.05, 3.63) is 0 Å². The van der Waals surface area contributed by atoms with Crippen LogP contribution in [0.1, 0.15) is 125 Å². The topological polar surface area (TPSA) is 55.4 Å². The summed E-state index contributed by atoms with van der Waals surface area (Å²) < 4.78 is 40.3. The summed E-state index contributed by atoms with van der Waals surface area (Å²) in [4.78, 5) is 0. The summed E-state index contributed by atoms with van der Waals surface area (Å²) >= 11 is 0. The standard InChI is InChI=1S/C26H58O6Si2/c1-21(2,3)27-33(28-22(4,5)6,29-23(7,8)9)19-20-34(30-24(10,11)12,31-25(13,14)15)32-26(16,17)18/h19-20H2,1-18H3. The molecule has 6 nitrogen and oxygen atoms in total. The smallest absolute Gasteiger partial charge is 0.368 e. The first kappa shape index (κ1) is 34.2. The van der Waals surface area contributed by atoms with E-state index in [1.54, 1.807) is 0 Å². The van der Waals surface area contributed by atoms with Crippen molar-refractivity contribution in [2.45, 2.75) is 170 Å². The van der Waals surface area contributed by atoms with Crippen LogP contribution in [0.5, 0.6) is 0 Å². The first-order valence-corrected chi connectivity index (χ1v) is 16.5. The first-order valence-electron chi connectivity index (χ1n) is 12.7. The van der Waals surface area contributed by atoms with Gasteiger partial charge in [-0.2, -0.15) is 0 Å². The maximum absolute atomic E-state index is 6.71. The van der Waals surface area contributed by atoms with Crippen LogP contribution in [0.15, 0.2) is 0 Å². The molecule has 0 spiro atoms. The Bertz CT molecular complexity index is 485. The van der Waals surface area contributed by atoms with Crippen LogP contribution in [0, 0.1) is 0 Å². The minimum absolute atomic E-state index is 0.451. The highest BCUT2D eigenvalue weighted by Crippen LogP contribution is 2.38. The van der Waals surface area contributed by atoms with E-state index in [-0.39, 0.29) is 0 Å². The summed E-state index contributed by atoms with van der Waals surface area (Å²) in [6, 6.07) is 1.04. The highest BCUT2D eigenvalue weighted by molar-refractivity contribution is 6.67. The molecular formula is C26H58O6Si2. The Morgan fingerprint density at radius 1 is 0.294 bits per heavy atom. The molecule has 0 heterocycles. The minimum Gasteiger partial charge on any atom is -0.368 e. The van der Waals surface area contributed by atoms with Gasteiger partial charge in [0.15, 0.2) is 0 Å². The quantitative estimate of drug-likeness (QED) is 0.288. The van der Waals surface area contributed by atoms with Crippen LogP contribution >= 0.6 is 0 Å². The highest BCUT2D eigenvalue weighted by atomic mass is 28.4. The summed E-state index contributed by atoms with van der Waals surface area (Å²) in [6.45, 7) is 36.8. The third-order valence-electron chi connectivity index (χ3n) is 3.51. The molecule has 34 heavy (non-hydrogen) atoms. The van der Waals surface area contributed by atoms with Crippen LogP contribution in [-0.2, 0) is 26.6 Å². The molecule has 0 aromatic carbocycles. The zero-order chi connectivity index (χ0) is 27.7. The molecule has 0 bridgehead atoms. The third-order valence-corrected chi connectivity index (χ3v) is 11.3. The highest BCUT2D eigenvalue weighted by Gasteiger charge is 2.56. The Hall–Kier alpha value is 0.194. The summed E-state index contributed by atoms with van der Waals surface area (Å²) in [6.07, 6.45) is 0. The molecule has 0 aromatic rings. The van der Waals surface area contributed by atoms with Crippen LogP contribution < -0.4 is 0 Å². The zero-order valence-electron chi connectivity index (χ0n) is 25.9. The van der Waals surface area contributed by atoms with Crippen molar-refractivity contribution >= 4 is 17.6 Å². The van der Waals surface area contributed by atoms with Crippen LogP contribution in [0.2, 0.25) is 12.1 Å². The first-order chi connectivity index (χ1) is 14.4. The molecule has 0 N–H and O–H groups in total. The third kappa shape index (κ3) is 16.8. The van der Waals surface area contributed by atoms with E-state index in [4.69, 9.17) is 26.6 Å². The summed E-state index contributed by atoms with van der Waals surface area (Å²) in [7, 11) is -6.49. The normalized spacial score (nSPS) is 15.7. The van der Waals surface area contributed by atoms with Crippen LogP contribution in [0.25, 0.3) is 0 Å². The molecule has 0 rings (SSSR count). The lowest BCUT2D eigenvalue weighted by atomic mass is 10.2. The largest absolute Gasteiger partial charge is 0.502 e. The van der Waals surface area contributed by atoms with E-state index >= 15 is 0 Å². The van der Waals surface area contributed by atoms with Gasteiger partial charge in [-0.1, -0.05) is 0 Å². The van der Waals surface area contributed by atoms with Gasteiger partial charge in [0, 0.05) is 12.1 Å². The van der Waals surface area contributed by atoms with Gasteiger partial charge in [0.05, 0.1) is 33.6 Å². The van der Waals surface area contributed by atoms with Crippen LogP contribution in [0.4, 0.5) is 0 Å². The Morgan fingerprint density at radius 3 is 0.500 bits per heavy atom. The Labute approximate surface area is 214 Å². The van der Waals surface area contributed by atoms with E-state index in [0.29, 0.717) is 12.1 Å². The van der Waals surface area contributed by atoms with Crippen molar-refractivity contribution in [3.63, 3.8) is 0 Å². The predicted octanol–water partition coefficient (Wildman–Crippen LogP) is 7.75. The van der Waals surface area contributed by atoms with Crippen molar-refractivity contribution in [3.8, 4) is 0 Å². The number of hydrogen-bond donors (Lipinski definition) is 0. The molecule has 0 aliphatic carbocycles. The van der Waals surface area contributed by atoms with Gasteiger partial charge < -0.3 is 26.6 Å². The fourth-order valence-electron chi connectivity index (χ4n) is 3.54. The zero-order valence-corrected chi connectivity index (χ0v) is 27.9. The lowest BCUT2D eigenvalue weighted by Gasteiger charge is -2.46. The van der Waals surface area contributed by atoms with Crippen molar-refractivity contribution in [1.82, 2.24) is 0 Å². The van der Waals surface area contributed by atoms with E-state index in [1.807, 2.05) is 125 Å². The van der Waals surface area contributed by atoms with Gasteiger partial charge in [-0.3, -0.25) is 0 Å². The monoisotopic (exact) mass is 522 g/mol. The molecule has 0 unspecified atom stereocenters. The molecule has 0 radical (unpaired) electrons. The van der Waals surface area contributed by atoms with Gasteiger partial charge in [0.25, 0.3) is 0 Å². The van der Waals surface area contributed by atoms with Crippen molar-refractivity contribution < 1.29 is 26.6 Å². The van der Waals surface area contributed by atoms with E-state index in [1.165, 1.54) is 0 Å². The Balaban J connectivity index is 6.68. The minimum atomic E-state index is -3.24. The van der Waals surface area contributed by atoms with E-state index in [9.17, 15) is 0 Å². The molecule has 0 aliphatic heterocycles. The van der Waals surface area contributed by atoms with Crippen LogP contribution in [0.3, 0.4) is 0 Å². The molecular weight excluding hydrogens is 464 g/mol. The van der Waals surface area contributed by atoms with Crippen LogP contribution in [-0.4, -0.2) is 51.2 Å². The van der Waals surface area contributed by atoms with Gasteiger partial charge in [0.2, 0.25) is 0 Å². The second-order valence-corrected chi connectivity index (χ2v) is 20.1. The maximum Gasteiger partial charge on any atom is 0.502 e. The van der Waals surface area contributed by atoms with Gasteiger partial charge >= 0.3 is 17.6 Å². The molecule has 0 aromatic heterocycles. The average molecular weight is 523 g/mol. The fraction of sp³-hybridized carbons (Fsp3) is 1.00. The van der Waals surface area contributed by atoms with Crippen molar-refractivity contribution in [1.29, 1.82) is 0 Å². The number of hydrogen-bond acceptors (Lipinski definition) is 6. The molecule has 0 amide bonds. The summed E-state index contributed by atoms with van der Waals surface area (Å²) in [5.74, 6) is 0. The summed E-state index contributed by atoms with van der Waals surface area (Å²) in [5.41, 5.74) is -2.70. The molecule has 206 valence electrons. The van der Waals surface area contributed by atoms with Gasteiger partial charge in [-0.05, 0) is 125 Å². The molecule has 0 saturated carbocycles. The Kier molecular flexibility index (Phi) is 11.0.